The first kappa shape index (κ1) is 26.8. The molecule has 1 aliphatic rings. The van der Waals surface area contributed by atoms with Gasteiger partial charge < -0.3 is 19.0 Å². The molecule has 1 atom stereocenters. The average molecular weight is 584 g/mol. The van der Waals surface area contributed by atoms with Gasteiger partial charge in [-0.05, 0) is 54.4 Å². The summed E-state index contributed by atoms with van der Waals surface area (Å²) in [6, 6.07) is 14.6. The van der Waals surface area contributed by atoms with Crippen molar-refractivity contribution in [1.29, 1.82) is 0 Å². The molecule has 3 heterocycles. The molecule has 0 fully saturated rings. The summed E-state index contributed by atoms with van der Waals surface area (Å²) in [5.74, 6) is -0.0597. The lowest BCUT2D eigenvalue weighted by atomic mass is 9.95. The second-order valence-electron chi connectivity index (χ2n) is 8.46. The lowest BCUT2D eigenvalue weighted by Crippen LogP contribution is -2.31. The number of ketones is 1. The van der Waals surface area contributed by atoms with Crippen LogP contribution in [-0.4, -0.2) is 41.2 Å². The molecule has 1 unspecified atom stereocenters. The zero-order valence-corrected chi connectivity index (χ0v) is 23.4. The maximum Gasteiger partial charge on any atom is 0.296 e. The van der Waals surface area contributed by atoms with Gasteiger partial charge in [0, 0.05) is 10.8 Å². The fraction of sp³-hybridized carbons (Fsp3) is 0.185. The molecule has 200 valence electrons. The number of amides is 1. The number of aliphatic hydroxyl groups is 1. The number of carbonyl (C=O) groups excluding carboxylic acids is 2. The van der Waals surface area contributed by atoms with Crippen LogP contribution >= 0.6 is 34.7 Å². The van der Waals surface area contributed by atoms with Crippen molar-refractivity contribution >= 4 is 51.5 Å². The number of ether oxygens (including phenoxy) is 2. The molecule has 0 aliphatic carbocycles. The number of carbonyl (C=O) groups is 2. The SMILES string of the molecule is COc1ccc(C2C(C(=O)c3ccc(C)o3)=C(O)C(=O)N2c2nnc(SCc3ccc(Cl)cc3)s2)cc1OC. The molecule has 39 heavy (non-hydrogen) atoms. The zero-order valence-electron chi connectivity index (χ0n) is 21.0. The Morgan fingerprint density at radius 1 is 1.10 bits per heavy atom. The number of anilines is 1. The molecule has 0 saturated heterocycles. The Morgan fingerprint density at radius 3 is 2.51 bits per heavy atom. The summed E-state index contributed by atoms with van der Waals surface area (Å²) in [6.07, 6.45) is 0. The molecule has 2 aromatic carbocycles. The average Bonchev–Trinajstić information content (AvgIpc) is 3.66. The van der Waals surface area contributed by atoms with Crippen molar-refractivity contribution in [1.82, 2.24) is 10.2 Å². The Labute approximate surface area is 237 Å². The third kappa shape index (κ3) is 5.25. The number of halogens is 1. The highest BCUT2D eigenvalue weighted by atomic mass is 35.5. The standard InChI is InChI=1S/C27H22ClN3O6S2/c1-14-4-10-19(37-14)23(32)21-22(16-7-11-18(35-2)20(12-16)36-3)31(25(34)24(21)33)26-29-30-27(39-26)38-13-15-5-8-17(28)9-6-15/h4-12,22,33H,13H2,1-3H3. The first-order valence-corrected chi connectivity index (χ1v) is 13.8. The topological polar surface area (TPSA) is 115 Å². The molecule has 0 saturated carbocycles. The van der Waals surface area contributed by atoms with Crippen LogP contribution in [0.1, 0.15) is 33.5 Å². The van der Waals surface area contributed by atoms with Crippen molar-refractivity contribution in [2.24, 2.45) is 0 Å². The highest BCUT2D eigenvalue weighted by molar-refractivity contribution is 8.00. The first-order chi connectivity index (χ1) is 18.8. The number of methoxy groups -OCH3 is 2. The lowest BCUT2D eigenvalue weighted by molar-refractivity contribution is -0.117. The molecular weight excluding hydrogens is 562 g/mol. The third-order valence-corrected chi connectivity index (χ3v) is 8.40. The first-order valence-electron chi connectivity index (χ1n) is 11.6. The molecule has 2 aromatic heterocycles. The van der Waals surface area contributed by atoms with Gasteiger partial charge in [-0.2, -0.15) is 0 Å². The number of benzene rings is 2. The van der Waals surface area contributed by atoms with Crippen LogP contribution in [0, 0.1) is 6.92 Å². The van der Waals surface area contributed by atoms with Crippen LogP contribution in [0.4, 0.5) is 5.13 Å². The Balaban J connectivity index is 1.53. The van der Waals surface area contributed by atoms with Crippen molar-refractivity contribution in [2.45, 2.75) is 23.1 Å². The van der Waals surface area contributed by atoms with Crippen LogP contribution < -0.4 is 14.4 Å². The molecule has 4 aromatic rings. The maximum atomic E-state index is 13.6. The normalized spacial score (nSPS) is 15.2. The van der Waals surface area contributed by atoms with Crippen molar-refractivity contribution in [3.05, 3.63) is 93.6 Å². The van der Waals surface area contributed by atoms with Gasteiger partial charge in [-0.25, -0.2) is 0 Å². The number of aliphatic hydroxyl groups excluding tert-OH is 1. The smallest absolute Gasteiger partial charge is 0.296 e. The summed E-state index contributed by atoms with van der Waals surface area (Å²) in [5.41, 5.74) is 1.41. The molecule has 0 bridgehead atoms. The predicted molar refractivity (Wildman–Crippen MR) is 148 cm³/mol. The van der Waals surface area contributed by atoms with Crippen molar-refractivity contribution in [3.63, 3.8) is 0 Å². The number of aryl methyl sites for hydroxylation is 1. The van der Waals surface area contributed by atoms with E-state index in [2.05, 4.69) is 10.2 Å². The minimum absolute atomic E-state index is 0.00523. The van der Waals surface area contributed by atoms with E-state index in [1.165, 1.54) is 48.3 Å². The van der Waals surface area contributed by atoms with Gasteiger partial charge in [-0.15, -0.1) is 10.2 Å². The summed E-state index contributed by atoms with van der Waals surface area (Å²) in [5, 5.41) is 20.3. The summed E-state index contributed by atoms with van der Waals surface area (Å²) < 4.78 is 16.9. The fourth-order valence-electron chi connectivity index (χ4n) is 4.15. The van der Waals surface area contributed by atoms with Crippen LogP contribution in [0.5, 0.6) is 11.5 Å². The van der Waals surface area contributed by atoms with E-state index in [1.807, 2.05) is 24.3 Å². The molecule has 0 radical (unpaired) electrons. The predicted octanol–water partition coefficient (Wildman–Crippen LogP) is 6.19. The van der Waals surface area contributed by atoms with E-state index in [0.717, 1.165) is 5.56 Å². The molecule has 12 heteroatoms. The number of thioether (sulfide) groups is 1. The number of hydrogen-bond acceptors (Lipinski definition) is 10. The zero-order chi connectivity index (χ0) is 27.7. The number of nitrogens with zero attached hydrogens (tertiary/aromatic N) is 3. The van der Waals surface area contributed by atoms with E-state index >= 15 is 0 Å². The number of aromatic nitrogens is 2. The fourth-order valence-corrected chi connectivity index (χ4v) is 6.10. The summed E-state index contributed by atoms with van der Waals surface area (Å²) in [7, 11) is 2.99. The van der Waals surface area contributed by atoms with Gasteiger partial charge in [0.1, 0.15) is 5.76 Å². The Kier molecular flexibility index (Phi) is 7.65. The number of hydrogen-bond donors (Lipinski definition) is 1. The molecule has 1 amide bonds. The maximum absolute atomic E-state index is 13.6. The minimum atomic E-state index is -1.02. The molecular formula is C27H22ClN3O6S2. The summed E-state index contributed by atoms with van der Waals surface area (Å²) >= 11 is 8.60. The van der Waals surface area contributed by atoms with Gasteiger partial charge in [0.15, 0.2) is 27.4 Å². The number of rotatable bonds is 9. The van der Waals surface area contributed by atoms with Crippen LogP contribution in [0.2, 0.25) is 5.02 Å². The number of furan rings is 1. The van der Waals surface area contributed by atoms with E-state index in [4.69, 9.17) is 25.5 Å². The Hall–Kier alpha value is -3.80. The lowest BCUT2D eigenvalue weighted by Gasteiger charge is -2.24. The van der Waals surface area contributed by atoms with Gasteiger partial charge in [-0.3, -0.25) is 14.5 Å². The summed E-state index contributed by atoms with van der Waals surface area (Å²) in [6.45, 7) is 1.70. The highest BCUT2D eigenvalue weighted by Gasteiger charge is 2.47. The monoisotopic (exact) mass is 583 g/mol. The van der Waals surface area contributed by atoms with Crippen molar-refractivity contribution < 1.29 is 28.6 Å². The van der Waals surface area contributed by atoms with Gasteiger partial charge >= 0.3 is 0 Å². The number of Topliss-reactive ketones (excluding diaryl/α,β-unsaturated/α-hetero) is 1. The van der Waals surface area contributed by atoms with Crippen LogP contribution in [0.15, 0.2) is 74.7 Å². The van der Waals surface area contributed by atoms with Gasteiger partial charge in [0.25, 0.3) is 5.91 Å². The van der Waals surface area contributed by atoms with Crippen LogP contribution in [0.25, 0.3) is 0 Å². The van der Waals surface area contributed by atoms with E-state index in [-0.39, 0.29) is 16.5 Å². The molecule has 9 nitrogen and oxygen atoms in total. The van der Waals surface area contributed by atoms with E-state index in [0.29, 0.717) is 37.9 Å². The molecule has 0 spiro atoms. The van der Waals surface area contributed by atoms with Crippen LogP contribution in [-0.2, 0) is 10.5 Å². The van der Waals surface area contributed by atoms with Gasteiger partial charge in [0.2, 0.25) is 10.9 Å². The van der Waals surface area contributed by atoms with Crippen molar-refractivity contribution in [3.8, 4) is 11.5 Å². The van der Waals surface area contributed by atoms with E-state index in [1.54, 1.807) is 31.2 Å². The summed E-state index contributed by atoms with van der Waals surface area (Å²) in [4.78, 5) is 28.3. The van der Waals surface area contributed by atoms with E-state index < -0.39 is 23.5 Å². The minimum Gasteiger partial charge on any atom is -0.503 e. The molecule has 1 N–H and O–H groups in total. The van der Waals surface area contributed by atoms with E-state index in [9.17, 15) is 14.7 Å². The van der Waals surface area contributed by atoms with Gasteiger partial charge in [0.05, 0.1) is 25.8 Å². The highest BCUT2D eigenvalue weighted by Crippen LogP contribution is 2.45. The molecule has 5 rings (SSSR count). The van der Waals surface area contributed by atoms with Gasteiger partial charge in [-0.1, -0.05) is 52.9 Å². The quantitative estimate of drug-likeness (QED) is 0.140. The second kappa shape index (κ2) is 11.1. The third-order valence-electron chi connectivity index (χ3n) is 6.02. The Bertz CT molecular complexity index is 1580. The second-order valence-corrected chi connectivity index (χ2v) is 11.1. The Morgan fingerprint density at radius 2 is 1.85 bits per heavy atom. The largest absolute Gasteiger partial charge is 0.503 e. The molecule has 1 aliphatic heterocycles. The van der Waals surface area contributed by atoms with Crippen molar-refractivity contribution in [2.75, 3.05) is 19.1 Å². The van der Waals surface area contributed by atoms with Crippen LogP contribution in [0.3, 0.4) is 0 Å².